The molecule has 4 rings (SSSR count). The largest absolute Gasteiger partial charge is 0.382 e. The van der Waals surface area contributed by atoms with Crippen molar-refractivity contribution < 1.29 is 10.2 Å². The molecule has 1 aromatic heterocycles. The third-order valence-electron chi connectivity index (χ3n) is 6.00. The number of nitrogens with one attached hydrogen (secondary N) is 2. The third kappa shape index (κ3) is 4.56. The summed E-state index contributed by atoms with van der Waals surface area (Å²) in [6.45, 7) is 5.85. The highest BCUT2D eigenvalue weighted by molar-refractivity contribution is 5.64. The summed E-state index contributed by atoms with van der Waals surface area (Å²) in [5.41, 5.74) is 7.27. The molecule has 0 fully saturated rings. The molecule has 31 heavy (non-hydrogen) atoms. The molecule has 0 saturated carbocycles. The van der Waals surface area contributed by atoms with Crippen LogP contribution in [0.2, 0.25) is 0 Å². The summed E-state index contributed by atoms with van der Waals surface area (Å²) in [7, 11) is 2.09. The van der Waals surface area contributed by atoms with Crippen molar-refractivity contribution in [1.29, 1.82) is 0 Å². The van der Waals surface area contributed by atoms with Crippen molar-refractivity contribution in [3.05, 3.63) is 83.2 Å². The van der Waals surface area contributed by atoms with Crippen LogP contribution in [0.1, 0.15) is 54.4 Å². The van der Waals surface area contributed by atoms with Crippen molar-refractivity contribution in [2.24, 2.45) is 0 Å². The zero-order valence-electron chi connectivity index (χ0n) is 18.2. The lowest BCUT2D eigenvalue weighted by atomic mass is 10.0. The molecule has 2 heterocycles. The zero-order chi connectivity index (χ0) is 22.0. The Morgan fingerprint density at radius 1 is 1.10 bits per heavy atom. The molecule has 0 radical (unpaired) electrons. The first-order valence-electron chi connectivity index (χ1n) is 10.7. The second-order valence-corrected chi connectivity index (χ2v) is 8.34. The minimum Gasteiger partial charge on any atom is -0.382 e. The fourth-order valence-electron chi connectivity index (χ4n) is 4.04. The van der Waals surface area contributed by atoms with E-state index in [-0.39, 0.29) is 6.04 Å². The third-order valence-corrected chi connectivity index (χ3v) is 6.00. The second kappa shape index (κ2) is 9.06. The first kappa shape index (κ1) is 21.3. The molecule has 1 aliphatic rings. The van der Waals surface area contributed by atoms with Gasteiger partial charge in [0.15, 0.2) is 6.29 Å². The van der Waals surface area contributed by atoms with Gasteiger partial charge in [-0.15, -0.1) is 0 Å². The fourth-order valence-corrected chi connectivity index (χ4v) is 4.04. The van der Waals surface area contributed by atoms with Gasteiger partial charge in [0.25, 0.3) is 0 Å². The van der Waals surface area contributed by atoms with E-state index in [1.807, 2.05) is 0 Å². The van der Waals surface area contributed by atoms with Gasteiger partial charge in [0, 0.05) is 43.3 Å². The Labute approximate surface area is 183 Å². The van der Waals surface area contributed by atoms with E-state index < -0.39 is 6.29 Å². The average molecular weight is 419 g/mol. The first-order chi connectivity index (χ1) is 14.9. The molecule has 162 valence electrons. The molecular weight excluding hydrogens is 388 g/mol. The van der Waals surface area contributed by atoms with Gasteiger partial charge < -0.3 is 25.7 Å². The average Bonchev–Trinajstić information content (AvgIpc) is 3.19. The summed E-state index contributed by atoms with van der Waals surface area (Å²) in [6.07, 6.45) is 1.65. The summed E-state index contributed by atoms with van der Waals surface area (Å²) in [4.78, 5) is 6.29. The van der Waals surface area contributed by atoms with E-state index >= 15 is 0 Å². The van der Waals surface area contributed by atoms with Crippen molar-refractivity contribution in [3.63, 3.8) is 0 Å². The van der Waals surface area contributed by atoms with Gasteiger partial charge in [-0.05, 0) is 52.9 Å². The van der Waals surface area contributed by atoms with Crippen LogP contribution in [0.15, 0.2) is 60.9 Å². The number of anilines is 3. The van der Waals surface area contributed by atoms with E-state index in [4.69, 9.17) is 0 Å². The summed E-state index contributed by atoms with van der Waals surface area (Å²) in [5.74, 6) is 0.527. The highest BCUT2D eigenvalue weighted by Gasteiger charge is 2.23. The van der Waals surface area contributed by atoms with Gasteiger partial charge >= 0.3 is 0 Å². The van der Waals surface area contributed by atoms with Crippen molar-refractivity contribution in [2.45, 2.75) is 38.6 Å². The molecule has 1 atom stereocenters. The molecule has 0 unspecified atom stereocenters. The Balaban J connectivity index is 1.47. The Hall–Kier alpha value is -2.93. The number of hydrogen-bond donors (Lipinski definition) is 4. The van der Waals surface area contributed by atoms with Crippen LogP contribution in [-0.4, -0.2) is 28.8 Å². The summed E-state index contributed by atoms with van der Waals surface area (Å²) in [6, 6.07) is 17.1. The predicted octanol–water partition coefficient (Wildman–Crippen LogP) is 4.21. The van der Waals surface area contributed by atoms with Crippen molar-refractivity contribution in [1.82, 2.24) is 10.3 Å². The molecule has 1 aliphatic heterocycles. The van der Waals surface area contributed by atoms with Gasteiger partial charge in [0.2, 0.25) is 0 Å². The lowest BCUT2D eigenvalue weighted by Gasteiger charge is -2.22. The quantitative estimate of drug-likeness (QED) is 0.431. The predicted molar refractivity (Wildman–Crippen MR) is 125 cm³/mol. The van der Waals surface area contributed by atoms with Gasteiger partial charge in [-0.1, -0.05) is 32.0 Å². The van der Waals surface area contributed by atoms with Crippen LogP contribution >= 0.6 is 0 Å². The van der Waals surface area contributed by atoms with E-state index in [1.165, 1.54) is 22.4 Å². The summed E-state index contributed by atoms with van der Waals surface area (Å²) in [5, 5.41) is 25.9. The maximum absolute atomic E-state index is 9.54. The van der Waals surface area contributed by atoms with E-state index in [0.29, 0.717) is 23.7 Å². The SMILES string of the molecule is CC(C)c1ccc(N(C)c2ccc3c(c2)CN[C@@H]3CNc2cnccc2C(O)O)cc1. The van der Waals surface area contributed by atoms with Gasteiger partial charge in [-0.3, -0.25) is 4.98 Å². The molecule has 0 saturated heterocycles. The van der Waals surface area contributed by atoms with Crippen LogP contribution < -0.4 is 15.5 Å². The molecular formula is C25H30N4O2. The number of nitrogens with zero attached hydrogens (tertiary/aromatic N) is 2. The number of benzene rings is 2. The first-order valence-corrected chi connectivity index (χ1v) is 10.7. The van der Waals surface area contributed by atoms with E-state index in [2.05, 4.69) is 83.9 Å². The van der Waals surface area contributed by atoms with Gasteiger partial charge in [-0.2, -0.15) is 0 Å². The van der Waals surface area contributed by atoms with Crippen LogP contribution in [0.5, 0.6) is 0 Å². The standard InChI is InChI=1S/C25H30N4O2/c1-16(2)17-4-6-19(7-5-17)29(3)20-8-9-21-18(12-20)13-27-24(21)15-28-23-14-26-11-10-22(23)25(30)31/h4-12,14,16,24-25,27-28,30-31H,13,15H2,1-3H3/t24-/m1/s1. The number of rotatable bonds is 7. The van der Waals surface area contributed by atoms with Gasteiger partial charge in [0.1, 0.15) is 0 Å². The fraction of sp³-hybridized carbons (Fsp3) is 0.320. The van der Waals surface area contributed by atoms with Crippen molar-refractivity contribution in [3.8, 4) is 0 Å². The number of aliphatic hydroxyl groups is 2. The number of fused-ring (bicyclic) bond motifs is 1. The Kier molecular flexibility index (Phi) is 6.23. The molecule has 0 amide bonds. The van der Waals surface area contributed by atoms with Crippen LogP contribution in [0.3, 0.4) is 0 Å². The second-order valence-electron chi connectivity index (χ2n) is 8.34. The van der Waals surface area contributed by atoms with Crippen LogP contribution in [-0.2, 0) is 6.54 Å². The molecule has 2 aromatic carbocycles. The molecule has 6 nitrogen and oxygen atoms in total. The molecule has 0 bridgehead atoms. The highest BCUT2D eigenvalue weighted by atomic mass is 16.5. The zero-order valence-corrected chi connectivity index (χ0v) is 18.2. The maximum Gasteiger partial charge on any atom is 0.180 e. The Bertz CT molecular complexity index is 1030. The van der Waals surface area contributed by atoms with Crippen LogP contribution in [0, 0.1) is 0 Å². The van der Waals surface area contributed by atoms with E-state index in [9.17, 15) is 10.2 Å². The smallest absolute Gasteiger partial charge is 0.180 e. The summed E-state index contributed by atoms with van der Waals surface area (Å²) >= 11 is 0. The molecule has 3 aromatic rings. The normalized spacial score (nSPS) is 15.4. The van der Waals surface area contributed by atoms with E-state index in [0.717, 1.165) is 12.2 Å². The Morgan fingerprint density at radius 3 is 2.55 bits per heavy atom. The highest BCUT2D eigenvalue weighted by Crippen LogP contribution is 2.32. The number of aromatic nitrogens is 1. The minimum absolute atomic E-state index is 0.142. The topological polar surface area (TPSA) is 80.7 Å². The molecule has 6 heteroatoms. The number of hydrogen-bond acceptors (Lipinski definition) is 6. The van der Waals surface area contributed by atoms with Crippen LogP contribution in [0.4, 0.5) is 17.1 Å². The van der Waals surface area contributed by atoms with Crippen molar-refractivity contribution >= 4 is 17.1 Å². The number of aliphatic hydroxyl groups excluding tert-OH is 1. The van der Waals surface area contributed by atoms with Gasteiger partial charge in [-0.25, -0.2) is 0 Å². The summed E-state index contributed by atoms with van der Waals surface area (Å²) < 4.78 is 0. The Morgan fingerprint density at radius 2 is 1.84 bits per heavy atom. The van der Waals surface area contributed by atoms with Gasteiger partial charge in [0.05, 0.1) is 17.9 Å². The molecule has 0 aliphatic carbocycles. The van der Waals surface area contributed by atoms with Crippen LogP contribution in [0.25, 0.3) is 0 Å². The lowest BCUT2D eigenvalue weighted by molar-refractivity contribution is -0.0419. The minimum atomic E-state index is -1.53. The maximum atomic E-state index is 9.54. The van der Waals surface area contributed by atoms with Crippen molar-refractivity contribution in [2.75, 3.05) is 23.8 Å². The van der Waals surface area contributed by atoms with E-state index in [1.54, 1.807) is 18.5 Å². The number of pyridine rings is 1. The molecule has 4 N–H and O–H groups in total. The molecule has 0 spiro atoms. The monoisotopic (exact) mass is 418 g/mol. The lowest BCUT2D eigenvalue weighted by Crippen LogP contribution is -2.22.